The number of benzene rings is 1. The summed E-state index contributed by atoms with van der Waals surface area (Å²) in [6, 6.07) is 17.4. The summed E-state index contributed by atoms with van der Waals surface area (Å²) in [4.78, 5) is 5.30. The van der Waals surface area contributed by atoms with Crippen molar-refractivity contribution in [3.63, 3.8) is 0 Å². The molecule has 3 aromatic rings. The van der Waals surface area contributed by atoms with E-state index in [0.717, 1.165) is 26.6 Å². The summed E-state index contributed by atoms with van der Waals surface area (Å²) in [5.41, 5.74) is 0. The van der Waals surface area contributed by atoms with Crippen molar-refractivity contribution in [3.8, 4) is 0 Å². The van der Waals surface area contributed by atoms with Crippen molar-refractivity contribution < 1.29 is 4.42 Å². The first-order valence-corrected chi connectivity index (χ1v) is 7.66. The standard InChI is InChI=1S/C16H13ClN2OS/c17-12-4-7-14(8-5-12)21-16-9-6-13(20-16)11-19-15-3-1-2-10-18-15/h1-10H,11H2,(H,18,19). The molecule has 0 aliphatic carbocycles. The third-order valence-electron chi connectivity index (χ3n) is 2.78. The zero-order chi connectivity index (χ0) is 14.5. The lowest BCUT2D eigenvalue weighted by atomic mass is 10.4. The summed E-state index contributed by atoms with van der Waals surface area (Å²) in [5, 5.41) is 4.81. The molecule has 0 radical (unpaired) electrons. The Bertz CT molecular complexity index is 698. The van der Waals surface area contributed by atoms with Crippen LogP contribution in [0.3, 0.4) is 0 Å². The quantitative estimate of drug-likeness (QED) is 0.711. The SMILES string of the molecule is Clc1ccc(Sc2ccc(CNc3ccccn3)o2)cc1. The molecule has 0 saturated heterocycles. The van der Waals surface area contributed by atoms with Gasteiger partial charge in [-0.25, -0.2) is 4.98 Å². The van der Waals surface area contributed by atoms with E-state index in [-0.39, 0.29) is 0 Å². The van der Waals surface area contributed by atoms with E-state index in [0.29, 0.717) is 6.54 Å². The van der Waals surface area contributed by atoms with Crippen LogP contribution >= 0.6 is 23.4 Å². The largest absolute Gasteiger partial charge is 0.453 e. The number of rotatable bonds is 5. The van der Waals surface area contributed by atoms with E-state index >= 15 is 0 Å². The predicted octanol–water partition coefficient (Wildman–Crippen LogP) is 5.09. The Morgan fingerprint density at radius 3 is 2.67 bits per heavy atom. The molecule has 5 heteroatoms. The van der Waals surface area contributed by atoms with Crippen molar-refractivity contribution in [2.24, 2.45) is 0 Å². The molecular formula is C16H13ClN2OS. The number of anilines is 1. The van der Waals surface area contributed by atoms with Crippen LogP contribution in [0.15, 0.2) is 75.2 Å². The highest BCUT2D eigenvalue weighted by Gasteiger charge is 2.04. The normalized spacial score (nSPS) is 10.5. The molecule has 1 N–H and O–H groups in total. The minimum absolute atomic E-state index is 0.609. The second-order valence-electron chi connectivity index (χ2n) is 4.35. The predicted molar refractivity (Wildman–Crippen MR) is 85.8 cm³/mol. The fourth-order valence-corrected chi connectivity index (χ4v) is 2.69. The monoisotopic (exact) mass is 316 g/mol. The maximum atomic E-state index is 5.87. The van der Waals surface area contributed by atoms with Crippen LogP contribution in [0.4, 0.5) is 5.82 Å². The maximum absolute atomic E-state index is 5.87. The molecule has 0 spiro atoms. The highest BCUT2D eigenvalue weighted by atomic mass is 35.5. The number of aromatic nitrogens is 1. The minimum Gasteiger partial charge on any atom is -0.453 e. The van der Waals surface area contributed by atoms with Crippen LogP contribution in [0, 0.1) is 0 Å². The number of hydrogen-bond acceptors (Lipinski definition) is 4. The topological polar surface area (TPSA) is 38.1 Å². The van der Waals surface area contributed by atoms with Crippen molar-refractivity contribution in [1.82, 2.24) is 4.98 Å². The zero-order valence-corrected chi connectivity index (χ0v) is 12.7. The maximum Gasteiger partial charge on any atom is 0.165 e. The Morgan fingerprint density at radius 2 is 1.90 bits per heavy atom. The van der Waals surface area contributed by atoms with Gasteiger partial charge in [-0.05, 0) is 48.5 Å². The van der Waals surface area contributed by atoms with Crippen LogP contribution in [0.2, 0.25) is 5.02 Å². The number of pyridine rings is 1. The van der Waals surface area contributed by atoms with Gasteiger partial charge in [-0.15, -0.1) is 0 Å². The second kappa shape index (κ2) is 6.70. The van der Waals surface area contributed by atoms with Crippen LogP contribution in [0.25, 0.3) is 0 Å². The molecule has 0 unspecified atom stereocenters. The Labute approximate surface area is 132 Å². The lowest BCUT2D eigenvalue weighted by Crippen LogP contribution is -1.99. The molecule has 1 aromatic carbocycles. The second-order valence-corrected chi connectivity index (χ2v) is 5.86. The molecule has 106 valence electrons. The molecule has 21 heavy (non-hydrogen) atoms. The number of furan rings is 1. The molecule has 3 rings (SSSR count). The van der Waals surface area contributed by atoms with Gasteiger partial charge in [-0.2, -0.15) is 0 Å². The summed E-state index contributed by atoms with van der Waals surface area (Å²) in [6.45, 7) is 0.609. The van der Waals surface area contributed by atoms with Gasteiger partial charge in [0.2, 0.25) is 0 Å². The molecule has 0 aliphatic heterocycles. The van der Waals surface area contributed by atoms with E-state index in [2.05, 4.69) is 10.3 Å². The molecular weight excluding hydrogens is 304 g/mol. The zero-order valence-electron chi connectivity index (χ0n) is 11.1. The van der Waals surface area contributed by atoms with E-state index in [4.69, 9.17) is 16.0 Å². The van der Waals surface area contributed by atoms with Gasteiger partial charge in [0, 0.05) is 16.1 Å². The van der Waals surface area contributed by atoms with Crippen LogP contribution in [0.5, 0.6) is 0 Å². The number of halogens is 1. The first-order valence-electron chi connectivity index (χ1n) is 6.47. The summed E-state index contributed by atoms with van der Waals surface area (Å²) in [6.07, 6.45) is 1.76. The smallest absolute Gasteiger partial charge is 0.165 e. The Balaban J connectivity index is 1.59. The Hall–Kier alpha value is -1.91. The fraction of sp³-hybridized carbons (Fsp3) is 0.0625. The molecule has 0 aliphatic rings. The minimum atomic E-state index is 0.609. The van der Waals surface area contributed by atoms with E-state index < -0.39 is 0 Å². The van der Waals surface area contributed by atoms with Crippen LogP contribution < -0.4 is 5.32 Å². The van der Waals surface area contributed by atoms with Gasteiger partial charge in [-0.3, -0.25) is 0 Å². The first kappa shape index (κ1) is 14.0. The van der Waals surface area contributed by atoms with E-state index in [1.54, 1.807) is 18.0 Å². The van der Waals surface area contributed by atoms with Crippen molar-refractivity contribution in [3.05, 3.63) is 71.6 Å². The van der Waals surface area contributed by atoms with Gasteiger partial charge in [0.15, 0.2) is 5.09 Å². The molecule has 3 nitrogen and oxygen atoms in total. The van der Waals surface area contributed by atoms with Gasteiger partial charge >= 0.3 is 0 Å². The van der Waals surface area contributed by atoms with Crippen molar-refractivity contribution in [1.29, 1.82) is 0 Å². The van der Waals surface area contributed by atoms with Crippen LogP contribution in [-0.4, -0.2) is 4.98 Å². The molecule has 0 fully saturated rings. The van der Waals surface area contributed by atoms with E-state index in [9.17, 15) is 0 Å². The molecule has 2 heterocycles. The number of nitrogens with one attached hydrogen (secondary N) is 1. The Morgan fingerprint density at radius 1 is 1.05 bits per heavy atom. The molecule has 0 amide bonds. The van der Waals surface area contributed by atoms with Gasteiger partial charge in [0.1, 0.15) is 11.6 Å². The molecule has 0 bridgehead atoms. The Kier molecular flexibility index (Phi) is 4.48. The number of hydrogen-bond donors (Lipinski definition) is 1. The number of nitrogens with zero attached hydrogens (tertiary/aromatic N) is 1. The lowest BCUT2D eigenvalue weighted by molar-refractivity contribution is 0.437. The summed E-state index contributed by atoms with van der Waals surface area (Å²) >= 11 is 7.44. The molecule has 2 aromatic heterocycles. The van der Waals surface area contributed by atoms with Crippen LogP contribution in [-0.2, 0) is 6.54 Å². The van der Waals surface area contributed by atoms with Gasteiger partial charge in [0.25, 0.3) is 0 Å². The summed E-state index contributed by atoms with van der Waals surface area (Å²) in [5.74, 6) is 1.71. The average molecular weight is 317 g/mol. The highest BCUT2D eigenvalue weighted by Crippen LogP contribution is 2.30. The molecule has 0 saturated carbocycles. The summed E-state index contributed by atoms with van der Waals surface area (Å²) in [7, 11) is 0. The van der Waals surface area contributed by atoms with Gasteiger partial charge in [-0.1, -0.05) is 29.4 Å². The first-order chi connectivity index (χ1) is 10.3. The third-order valence-corrected chi connectivity index (χ3v) is 3.96. The van der Waals surface area contributed by atoms with Crippen molar-refractivity contribution in [2.45, 2.75) is 16.5 Å². The van der Waals surface area contributed by atoms with Gasteiger partial charge < -0.3 is 9.73 Å². The van der Waals surface area contributed by atoms with Gasteiger partial charge in [0.05, 0.1) is 6.54 Å². The average Bonchev–Trinajstić information content (AvgIpc) is 2.96. The van der Waals surface area contributed by atoms with E-state index in [1.165, 1.54) is 0 Å². The van der Waals surface area contributed by atoms with Crippen molar-refractivity contribution >= 4 is 29.2 Å². The van der Waals surface area contributed by atoms with Crippen LogP contribution in [0.1, 0.15) is 5.76 Å². The van der Waals surface area contributed by atoms with E-state index in [1.807, 2.05) is 54.6 Å². The van der Waals surface area contributed by atoms with Crippen molar-refractivity contribution in [2.75, 3.05) is 5.32 Å². The fourth-order valence-electron chi connectivity index (χ4n) is 1.77. The highest BCUT2D eigenvalue weighted by molar-refractivity contribution is 7.99. The summed E-state index contributed by atoms with van der Waals surface area (Å²) < 4.78 is 5.78. The molecule has 0 atom stereocenters. The lowest BCUT2D eigenvalue weighted by Gasteiger charge is -2.02. The third kappa shape index (κ3) is 4.03.